The molecule has 148 valence electrons. The molecule has 10 heteroatoms. The number of nitrogens with zero attached hydrogens (tertiary/aromatic N) is 2. The van der Waals surface area contributed by atoms with Gasteiger partial charge < -0.3 is 15.7 Å². The predicted octanol–water partition coefficient (Wildman–Crippen LogP) is 3.26. The number of carboxylic acid groups (broad SMARTS) is 1. The van der Waals surface area contributed by atoms with Gasteiger partial charge in [-0.1, -0.05) is 12.1 Å². The van der Waals surface area contributed by atoms with Crippen molar-refractivity contribution < 1.29 is 27.9 Å². The highest BCUT2D eigenvalue weighted by Crippen LogP contribution is 2.34. The van der Waals surface area contributed by atoms with E-state index in [1.54, 1.807) is 0 Å². The lowest BCUT2D eigenvalue weighted by Gasteiger charge is -2.07. The summed E-state index contributed by atoms with van der Waals surface area (Å²) in [7, 11) is 3.81. The largest absolute Gasteiger partial charge is 0.477 e. The number of benzene rings is 1. The van der Waals surface area contributed by atoms with E-state index >= 15 is 0 Å². The summed E-state index contributed by atoms with van der Waals surface area (Å²) in [6.45, 7) is 2.26. The van der Waals surface area contributed by atoms with E-state index in [2.05, 4.69) is 4.98 Å². The molecule has 1 heterocycles. The Morgan fingerprint density at radius 1 is 1.30 bits per heavy atom. The van der Waals surface area contributed by atoms with E-state index in [1.165, 1.54) is 19.1 Å². The maximum absolute atomic E-state index is 12.6. The monoisotopic (exact) mass is 403 g/mol. The number of primary amides is 1. The molecule has 1 aromatic heterocycles. The van der Waals surface area contributed by atoms with Gasteiger partial charge in [-0.15, -0.1) is 11.3 Å². The molecule has 2 aromatic rings. The first kappa shape index (κ1) is 22.6. The Labute approximate surface area is 158 Å². The highest BCUT2D eigenvalue weighted by molar-refractivity contribution is 7.17. The maximum atomic E-state index is 12.6. The number of carboxylic acids is 1. The van der Waals surface area contributed by atoms with Crippen LogP contribution < -0.4 is 5.73 Å². The molecule has 3 N–H and O–H groups in total. The number of hydrogen-bond donors (Lipinski definition) is 2. The zero-order chi connectivity index (χ0) is 20.8. The van der Waals surface area contributed by atoms with Crippen LogP contribution in [0.25, 0.3) is 10.6 Å². The van der Waals surface area contributed by atoms with E-state index in [9.17, 15) is 22.8 Å². The second kappa shape index (κ2) is 9.47. The van der Waals surface area contributed by atoms with E-state index in [0.717, 1.165) is 30.0 Å². The summed E-state index contributed by atoms with van der Waals surface area (Å²) in [5, 5.41) is 9.16. The fourth-order valence-electron chi connectivity index (χ4n) is 1.88. The van der Waals surface area contributed by atoms with Crippen molar-refractivity contribution >= 4 is 23.2 Å². The van der Waals surface area contributed by atoms with Crippen molar-refractivity contribution in [2.24, 2.45) is 5.73 Å². The van der Waals surface area contributed by atoms with Gasteiger partial charge in [-0.05, 0) is 33.2 Å². The average molecular weight is 403 g/mol. The molecule has 6 nitrogen and oxygen atoms in total. The molecule has 0 bridgehead atoms. The molecule has 1 aromatic carbocycles. The lowest BCUT2D eigenvalue weighted by molar-refractivity contribution is -0.137. The van der Waals surface area contributed by atoms with Crippen molar-refractivity contribution in [1.29, 1.82) is 0 Å². The van der Waals surface area contributed by atoms with Gasteiger partial charge in [-0.3, -0.25) is 4.79 Å². The van der Waals surface area contributed by atoms with Gasteiger partial charge in [0.25, 0.3) is 0 Å². The van der Waals surface area contributed by atoms with Gasteiger partial charge in [0, 0.05) is 18.5 Å². The molecule has 0 spiro atoms. The number of amides is 1. The molecular weight excluding hydrogens is 383 g/mol. The minimum absolute atomic E-state index is 0.0346. The summed E-state index contributed by atoms with van der Waals surface area (Å²) in [6.07, 6.45) is -3.98. The minimum Gasteiger partial charge on any atom is -0.477 e. The van der Waals surface area contributed by atoms with Crippen LogP contribution >= 0.6 is 11.3 Å². The number of carbonyl (C=O) groups excluding carboxylic acids is 1. The Kier molecular flexibility index (Phi) is 7.92. The van der Waals surface area contributed by atoms with Gasteiger partial charge in [-0.2, -0.15) is 13.2 Å². The van der Waals surface area contributed by atoms with Crippen LogP contribution in [0.15, 0.2) is 24.3 Å². The molecule has 0 atom stereocenters. The molecule has 2 rings (SSSR count). The highest BCUT2D eigenvalue weighted by atomic mass is 32.1. The molecule has 0 fully saturated rings. The summed E-state index contributed by atoms with van der Waals surface area (Å²) >= 11 is 0.862. The molecule has 0 saturated heterocycles. The van der Waals surface area contributed by atoms with Crippen LogP contribution in [-0.2, 0) is 11.0 Å². The fourth-order valence-corrected chi connectivity index (χ4v) is 2.78. The Balaban J connectivity index is 0.000000387. The van der Waals surface area contributed by atoms with Gasteiger partial charge in [0.1, 0.15) is 9.88 Å². The first-order chi connectivity index (χ1) is 12.4. The summed E-state index contributed by atoms with van der Waals surface area (Å²) in [4.78, 5) is 26.9. The van der Waals surface area contributed by atoms with Crippen molar-refractivity contribution in [1.82, 2.24) is 9.88 Å². The van der Waals surface area contributed by atoms with Crippen molar-refractivity contribution in [3.63, 3.8) is 0 Å². The lowest BCUT2D eigenvalue weighted by Crippen LogP contribution is -2.20. The highest BCUT2D eigenvalue weighted by Gasteiger charge is 2.30. The number of thiazole rings is 1. The Hall–Kier alpha value is -2.46. The third-order valence-corrected chi connectivity index (χ3v) is 4.43. The van der Waals surface area contributed by atoms with Gasteiger partial charge in [0.05, 0.1) is 11.3 Å². The predicted molar refractivity (Wildman–Crippen MR) is 96.6 cm³/mol. The Morgan fingerprint density at radius 2 is 1.93 bits per heavy atom. The second-order valence-corrected chi connectivity index (χ2v) is 6.84. The maximum Gasteiger partial charge on any atom is 0.416 e. The Bertz CT molecular complexity index is 804. The van der Waals surface area contributed by atoms with Crippen molar-refractivity contribution in [2.75, 3.05) is 20.6 Å². The third-order valence-electron chi connectivity index (χ3n) is 3.23. The fraction of sp³-hybridized carbons (Fsp3) is 0.353. The zero-order valence-corrected chi connectivity index (χ0v) is 15.8. The average Bonchev–Trinajstić information content (AvgIpc) is 2.95. The van der Waals surface area contributed by atoms with Gasteiger partial charge in [0.15, 0.2) is 0 Å². The first-order valence-corrected chi connectivity index (χ1v) is 8.55. The van der Waals surface area contributed by atoms with Crippen LogP contribution in [0.4, 0.5) is 13.2 Å². The van der Waals surface area contributed by atoms with Crippen LogP contribution in [0.3, 0.4) is 0 Å². The topological polar surface area (TPSA) is 96.5 Å². The summed E-state index contributed by atoms with van der Waals surface area (Å²) in [5.74, 6) is -1.37. The molecule has 0 aliphatic carbocycles. The number of nitrogens with two attached hydrogens (primary N) is 1. The number of rotatable bonds is 5. The Morgan fingerprint density at radius 3 is 2.33 bits per heavy atom. The molecule has 0 saturated carbocycles. The molecular formula is C17H20F3N3O3S. The lowest BCUT2D eigenvalue weighted by atomic mass is 10.1. The van der Waals surface area contributed by atoms with E-state index in [-0.39, 0.29) is 21.4 Å². The van der Waals surface area contributed by atoms with E-state index in [4.69, 9.17) is 10.8 Å². The zero-order valence-electron chi connectivity index (χ0n) is 15.0. The molecule has 1 amide bonds. The van der Waals surface area contributed by atoms with Gasteiger partial charge >= 0.3 is 12.1 Å². The third kappa shape index (κ3) is 7.35. The number of aromatic carboxylic acids is 1. The van der Waals surface area contributed by atoms with Gasteiger partial charge in [0.2, 0.25) is 5.91 Å². The van der Waals surface area contributed by atoms with Gasteiger partial charge in [-0.25, -0.2) is 9.78 Å². The number of hydrogen-bond acceptors (Lipinski definition) is 5. The number of alkyl halides is 3. The smallest absolute Gasteiger partial charge is 0.416 e. The summed E-state index contributed by atoms with van der Waals surface area (Å²) in [6, 6.07) is 4.67. The summed E-state index contributed by atoms with van der Waals surface area (Å²) in [5.41, 5.74) is 4.65. The van der Waals surface area contributed by atoms with E-state index < -0.39 is 17.7 Å². The van der Waals surface area contributed by atoms with Crippen LogP contribution in [-0.4, -0.2) is 47.5 Å². The SMILES string of the molecule is CN(C)CCC(N)=O.Cc1nc(-c2cccc(C(F)(F)F)c2)sc1C(=O)O. The molecule has 0 radical (unpaired) electrons. The van der Waals surface area contributed by atoms with Crippen molar-refractivity contribution in [3.05, 3.63) is 40.4 Å². The normalized spacial score (nSPS) is 11.1. The van der Waals surface area contributed by atoms with Crippen LogP contribution in [0, 0.1) is 6.92 Å². The van der Waals surface area contributed by atoms with Crippen LogP contribution in [0.2, 0.25) is 0 Å². The van der Waals surface area contributed by atoms with Crippen LogP contribution in [0.1, 0.15) is 27.3 Å². The van der Waals surface area contributed by atoms with Crippen LogP contribution in [0.5, 0.6) is 0 Å². The quantitative estimate of drug-likeness (QED) is 0.799. The molecule has 0 unspecified atom stereocenters. The standard InChI is InChI=1S/C12H8F3NO2S.C5H12N2O/c1-6-9(11(17)18)19-10(16-6)7-3-2-4-8(5-7)12(13,14)15;1-7(2)4-3-5(6)8/h2-5H,1H3,(H,17,18);3-4H2,1-2H3,(H2,6,8). The number of halogens is 3. The molecule has 0 aliphatic heterocycles. The molecule has 0 aliphatic rings. The van der Waals surface area contributed by atoms with Crippen molar-refractivity contribution in [3.8, 4) is 10.6 Å². The minimum atomic E-state index is -4.43. The number of aromatic nitrogens is 1. The first-order valence-electron chi connectivity index (χ1n) is 7.73. The van der Waals surface area contributed by atoms with E-state index in [0.29, 0.717) is 12.1 Å². The van der Waals surface area contributed by atoms with Crippen molar-refractivity contribution in [2.45, 2.75) is 19.5 Å². The second-order valence-electron chi connectivity index (χ2n) is 5.84. The van der Waals surface area contributed by atoms with E-state index in [1.807, 2.05) is 19.0 Å². The summed E-state index contributed by atoms with van der Waals surface area (Å²) < 4.78 is 37.8. The molecule has 27 heavy (non-hydrogen) atoms. The number of carbonyl (C=O) groups is 2. The number of aryl methyl sites for hydroxylation is 1.